The SMILES string of the molecule is CCn1cc(C(=O)N[C@@](CC)(C(N)=O)C(C)C)cn1. The van der Waals surface area contributed by atoms with E-state index < -0.39 is 11.4 Å². The molecule has 19 heavy (non-hydrogen) atoms. The lowest BCUT2D eigenvalue weighted by molar-refractivity contribution is -0.126. The van der Waals surface area contributed by atoms with Gasteiger partial charge in [-0.2, -0.15) is 5.10 Å². The third kappa shape index (κ3) is 2.94. The smallest absolute Gasteiger partial charge is 0.255 e. The van der Waals surface area contributed by atoms with E-state index in [1.807, 2.05) is 27.7 Å². The molecule has 0 saturated carbocycles. The number of hydrogen-bond acceptors (Lipinski definition) is 3. The molecule has 1 aromatic rings. The third-order valence-electron chi connectivity index (χ3n) is 3.54. The summed E-state index contributed by atoms with van der Waals surface area (Å²) in [6.07, 6.45) is 3.59. The molecule has 1 heterocycles. The molecule has 3 N–H and O–H groups in total. The number of nitrogens with zero attached hydrogens (tertiary/aromatic N) is 2. The molecule has 0 saturated heterocycles. The molecule has 0 radical (unpaired) electrons. The quantitative estimate of drug-likeness (QED) is 0.802. The van der Waals surface area contributed by atoms with Gasteiger partial charge in [-0.05, 0) is 19.3 Å². The van der Waals surface area contributed by atoms with Gasteiger partial charge in [0, 0.05) is 12.7 Å². The van der Waals surface area contributed by atoms with Crippen LogP contribution in [0.15, 0.2) is 12.4 Å². The fourth-order valence-electron chi connectivity index (χ4n) is 2.09. The monoisotopic (exact) mass is 266 g/mol. The van der Waals surface area contributed by atoms with Crippen LogP contribution in [0.5, 0.6) is 0 Å². The van der Waals surface area contributed by atoms with E-state index in [4.69, 9.17) is 5.73 Å². The van der Waals surface area contributed by atoms with Gasteiger partial charge in [-0.3, -0.25) is 14.3 Å². The number of nitrogens with two attached hydrogens (primary N) is 1. The Morgan fingerprint density at radius 1 is 1.47 bits per heavy atom. The molecular weight excluding hydrogens is 244 g/mol. The van der Waals surface area contributed by atoms with Gasteiger partial charge in [0.25, 0.3) is 5.91 Å². The fraction of sp³-hybridized carbons (Fsp3) is 0.615. The molecule has 2 amide bonds. The lowest BCUT2D eigenvalue weighted by atomic mass is 9.83. The molecule has 0 bridgehead atoms. The summed E-state index contributed by atoms with van der Waals surface area (Å²) in [5, 5.41) is 6.81. The van der Waals surface area contributed by atoms with Crippen molar-refractivity contribution in [2.24, 2.45) is 11.7 Å². The Kier molecular flexibility index (Phi) is 4.69. The first-order chi connectivity index (χ1) is 8.87. The van der Waals surface area contributed by atoms with Crippen LogP contribution >= 0.6 is 0 Å². The number of amides is 2. The van der Waals surface area contributed by atoms with Gasteiger partial charge < -0.3 is 11.1 Å². The van der Waals surface area contributed by atoms with Crippen molar-refractivity contribution >= 4 is 11.8 Å². The van der Waals surface area contributed by atoms with Gasteiger partial charge in [0.1, 0.15) is 5.54 Å². The van der Waals surface area contributed by atoms with E-state index in [1.54, 1.807) is 10.9 Å². The van der Waals surface area contributed by atoms with Crippen molar-refractivity contribution in [3.8, 4) is 0 Å². The molecular formula is C13H22N4O2. The average Bonchev–Trinajstić information content (AvgIpc) is 2.83. The van der Waals surface area contributed by atoms with E-state index >= 15 is 0 Å². The number of carbonyl (C=O) groups is 2. The molecule has 6 heteroatoms. The minimum atomic E-state index is -1.02. The van der Waals surface area contributed by atoms with Crippen LogP contribution in [-0.2, 0) is 11.3 Å². The molecule has 1 atom stereocenters. The maximum Gasteiger partial charge on any atom is 0.255 e. The van der Waals surface area contributed by atoms with Crippen molar-refractivity contribution < 1.29 is 9.59 Å². The topological polar surface area (TPSA) is 90.0 Å². The second-order valence-corrected chi connectivity index (χ2v) is 4.88. The minimum absolute atomic E-state index is 0.0832. The number of nitrogens with one attached hydrogen (secondary N) is 1. The van der Waals surface area contributed by atoms with E-state index in [1.165, 1.54) is 6.20 Å². The van der Waals surface area contributed by atoms with Crippen LogP contribution in [-0.4, -0.2) is 27.1 Å². The maximum absolute atomic E-state index is 12.2. The number of hydrogen-bond donors (Lipinski definition) is 2. The molecule has 1 rings (SSSR count). The van der Waals surface area contributed by atoms with Crippen molar-refractivity contribution in [1.82, 2.24) is 15.1 Å². The normalized spacial score (nSPS) is 14.2. The maximum atomic E-state index is 12.2. The minimum Gasteiger partial charge on any atom is -0.368 e. The number of carbonyl (C=O) groups excluding carboxylic acids is 2. The van der Waals surface area contributed by atoms with E-state index in [9.17, 15) is 9.59 Å². The van der Waals surface area contributed by atoms with Crippen LogP contribution in [0.3, 0.4) is 0 Å². The highest BCUT2D eigenvalue weighted by molar-refractivity contribution is 5.98. The number of primary amides is 1. The fourth-order valence-corrected chi connectivity index (χ4v) is 2.09. The largest absolute Gasteiger partial charge is 0.368 e. The lowest BCUT2D eigenvalue weighted by Gasteiger charge is -2.34. The Morgan fingerprint density at radius 2 is 2.11 bits per heavy atom. The summed E-state index contributed by atoms with van der Waals surface area (Å²) in [4.78, 5) is 23.9. The third-order valence-corrected chi connectivity index (χ3v) is 3.54. The Labute approximate surface area is 113 Å². The van der Waals surface area contributed by atoms with Gasteiger partial charge in [-0.15, -0.1) is 0 Å². The van der Waals surface area contributed by atoms with E-state index in [2.05, 4.69) is 10.4 Å². The number of aromatic nitrogens is 2. The first-order valence-electron chi connectivity index (χ1n) is 6.52. The van der Waals surface area contributed by atoms with Crippen molar-refractivity contribution in [1.29, 1.82) is 0 Å². The summed E-state index contributed by atoms with van der Waals surface area (Å²) >= 11 is 0. The van der Waals surface area contributed by atoms with E-state index in [0.29, 0.717) is 18.5 Å². The number of rotatable bonds is 6. The van der Waals surface area contributed by atoms with Crippen molar-refractivity contribution in [3.63, 3.8) is 0 Å². The van der Waals surface area contributed by atoms with E-state index in [0.717, 1.165) is 0 Å². The molecule has 0 aliphatic rings. The first kappa shape index (κ1) is 15.2. The molecule has 0 aromatic carbocycles. The summed E-state index contributed by atoms with van der Waals surface area (Å²) in [5.41, 5.74) is 4.88. The van der Waals surface area contributed by atoms with Crippen LogP contribution in [0.4, 0.5) is 0 Å². The predicted octanol–water partition coefficient (Wildman–Crippen LogP) is 0.923. The first-order valence-corrected chi connectivity index (χ1v) is 6.52. The van der Waals surface area contributed by atoms with Gasteiger partial charge >= 0.3 is 0 Å². The Bertz CT molecular complexity index is 467. The summed E-state index contributed by atoms with van der Waals surface area (Å²) in [5.74, 6) is -0.921. The Morgan fingerprint density at radius 3 is 2.47 bits per heavy atom. The Balaban J connectivity index is 2.97. The molecule has 106 valence electrons. The Hall–Kier alpha value is -1.85. The molecule has 0 spiro atoms. The summed E-state index contributed by atoms with van der Waals surface area (Å²) in [7, 11) is 0. The average molecular weight is 266 g/mol. The standard InChI is InChI=1S/C13H22N4O2/c1-5-13(9(3)4,12(14)19)16-11(18)10-7-15-17(6-2)8-10/h7-9H,5-6H2,1-4H3,(H2,14,19)(H,16,18)/t13-/m1/s1. The van der Waals surface area contributed by atoms with E-state index in [-0.39, 0.29) is 11.8 Å². The zero-order valence-corrected chi connectivity index (χ0v) is 11.9. The summed E-state index contributed by atoms with van der Waals surface area (Å²) in [6, 6.07) is 0. The van der Waals surface area contributed by atoms with Crippen LogP contribution in [0, 0.1) is 5.92 Å². The molecule has 6 nitrogen and oxygen atoms in total. The molecule has 0 unspecified atom stereocenters. The molecule has 0 fully saturated rings. The molecule has 0 aliphatic carbocycles. The van der Waals surface area contributed by atoms with Gasteiger partial charge in [-0.1, -0.05) is 20.8 Å². The highest BCUT2D eigenvalue weighted by atomic mass is 16.2. The van der Waals surface area contributed by atoms with Crippen molar-refractivity contribution in [3.05, 3.63) is 18.0 Å². The van der Waals surface area contributed by atoms with Gasteiger partial charge in [0.05, 0.1) is 11.8 Å². The second kappa shape index (κ2) is 5.86. The van der Waals surface area contributed by atoms with Crippen LogP contribution in [0.2, 0.25) is 0 Å². The summed E-state index contributed by atoms with van der Waals surface area (Å²) < 4.78 is 1.65. The van der Waals surface area contributed by atoms with Crippen molar-refractivity contribution in [2.75, 3.05) is 0 Å². The number of aryl methyl sites for hydroxylation is 1. The lowest BCUT2D eigenvalue weighted by Crippen LogP contribution is -2.60. The van der Waals surface area contributed by atoms with Crippen LogP contribution in [0.25, 0.3) is 0 Å². The summed E-state index contributed by atoms with van der Waals surface area (Å²) in [6.45, 7) is 8.18. The highest BCUT2D eigenvalue weighted by Gasteiger charge is 2.39. The van der Waals surface area contributed by atoms with Gasteiger partial charge in [0.2, 0.25) is 5.91 Å². The van der Waals surface area contributed by atoms with Gasteiger partial charge in [0.15, 0.2) is 0 Å². The zero-order valence-electron chi connectivity index (χ0n) is 11.9. The predicted molar refractivity (Wildman–Crippen MR) is 72.4 cm³/mol. The van der Waals surface area contributed by atoms with Crippen molar-refractivity contribution in [2.45, 2.75) is 46.2 Å². The molecule has 0 aliphatic heterocycles. The van der Waals surface area contributed by atoms with Crippen LogP contribution < -0.4 is 11.1 Å². The highest BCUT2D eigenvalue weighted by Crippen LogP contribution is 2.21. The van der Waals surface area contributed by atoms with Gasteiger partial charge in [-0.25, -0.2) is 0 Å². The van der Waals surface area contributed by atoms with Crippen LogP contribution in [0.1, 0.15) is 44.5 Å². The zero-order chi connectivity index (χ0) is 14.6. The second-order valence-electron chi connectivity index (χ2n) is 4.88. The molecule has 1 aromatic heterocycles.